The maximum absolute atomic E-state index is 12.6. The van der Waals surface area contributed by atoms with Crippen molar-refractivity contribution < 1.29 is 4.79 Å². The Morgan fingerprint density at radius 3 is 2.84 bits per heavy atom. The summed E-state index contributed by atoms with van der Waals surface area (Å²) in [5.74, 6) is 0.671. The first-order valence-corrected chi connectivity index (χ1v) is 8.54. The molecule has 3 aromatic rings. The number of fused-ring (bicyclic) bond motifs is 1. The van der Waals surface area contributed by atoms with Crippen molar-refractivity contribution in [2.24, 2.45) is 7.05 Å². The molecule has 25 heavy (non-hydrogen) atoms. The minimum absolute atomic E-state index is 0.0262. The summed E-state index contributed by atoms with van der Waals surface area (Å²) >= 11 is 0. The summed E-state index contributed by atoms with van der Waals surface area (Å²) in [7, 11) is 1.92. The van der Waals surface area contributed by atoms with Gasteiger partial charge in [-0.15, -0.1) is 0 Å². The van der Waals surface area contributed by atoms with Gasteiger partial charge in [-0.2, -0.15) is 5.10 Å². The topological polar surface area (TPSA) is 71.8 Å². The van der Waals surface area contributed by atoms with Crippen LogP contribution < -0.4 is 10.6 Å². The number of pyridine rings is 1. The van der Waals surface area contributed by atoms with E-state index < -0.39 is 0 Å². The highest BCUT2D eigenvalue weighted by atomic mass is 16.1. The zero-order chi connectivity index (χ0) is 17.4. The number of aromatic nitrogens is 3. The van der Waals surface area contributed by atoms with Gasteiger partial charge in [-0.3, -0.25) is 9.48 Å². The maximum Gasteiger partial charge on any atom is 0.252 e. The van der Waals surface area contributed by atoms with E-state index >= 15 is 0 Å². The van der Waals surface area contributed by atoms with Crippen molar-refractivity contribution in [1.29, 1.82) is 0 Å². The minimum Gasteiger partial charge on any atom is -0.366 e. The van der Waals surface area contributed by atoms with Crippen LogP contribution in [0.5, 0.6) is 0 Å². The van der Waals surface area contributed by atoms with Crippen molar-refractivity contribution in [3.63, 3.8) is 0 Å². The van der Waals surface area contributed by atoms with E-state index in [4.69, 9.17) is 0 Å². The highest BCUT2D eigenvalue weighted by Gasteiger charge is 2.25. The fraction of sp³-hybridized carbons (Fsp3) is 0.316. The third-order valence-corrected chi connectivity index (χ3v) is 4.67. The second-order valence-electron chi connectivity index (χ2n) is 6.55. The summed E-state index contributed by atoms with van der Waals surface area (Å²) < 4.78 is 1.85. The van der Waals surface area contributed by atoms with Crippen LogP contribution in [-0.4, -0.2) is 26.7 Å². The summed E-state index contributed by atoms with van der Waals surface area (Å²) in [6, 6.07) is 9.92. The summed E-state index contributed by atoms with van der Waals surface area (Å²) in [4.78, 5) is 17.3. The van der Waals surface area contributed by atoms with Crippen LogP contribution in [0.1, 0.15) is 34.5 Å². The van der Waals surface area contributed by atoms with Crippen LogP contribution in [0.25, 0.3) is 10.9 Å². The van der Waals surface area contributed by atoms with Crippen LogP contribution in [0.2, 0.25) is 0 Å². The van der Waals surface area contributed by atoms with Gasteiger partial charge < -0.3 is 10.6 Å². The standard InChI is InChI=1S/C19H21N5O/c1-12-13(11-21-24(12)2)10-20-18-9-16(19(25)22-14-7-8-14)15-5-3-4-6-17(15)23-18/h3-6,9,11,14H,7-8,10H2,1-2H3,(H,20,23)(H,22,25). The summed E-state index contributed by atoms with van der Waals surface area (Å²) in [6.07, 6.45) is 3.99. The van der Waals surface area contributed by atoms with Crippen molar-refractivity contribution in [2.75, 3.05) is 5.32 Å². The van der Waals surface area contributed by atoms with Crippen LogP contribution in [0.15, 0.2) is 36.5 Å². The number of benzene rings is 1. The first-order valence-electron chi connectivity index (χ1n) is 8.54. The molecule has 1 aliphatic rings. The number of anilines is 1. The molecule has 1 fully saturated rings. The van der Waals surface area contributed by atoms with Crippen LogP contribution in [-0.2, 0) is 13.6 Å². The third kappa shape index (κ3) is 3.20. The molecule has 0 aliphatic heterocycles. The lowest BCUT2D eigenvalue weighted by Crippen LogP contribution is -2.25. The number of hydrogen-bond donors (Lipinski definition) is 2. The maximum atomic E-state index is 12.6. The van der Waals surface area contributed by atoms with E-state index in [0.29, 0.717) is 24.0 Å². The van der Waals surface area contributed by atoms with Crippen LogP contribution in [0.3, 0.4) is 0 Å². The largest absolute Gasteiger partial charge is 0.366 e. The Bertz CT molecular complexity index is 942. The van der Waals surface area contributed by atoms with E-state index in [1.807, 2.05) is 55.2 Å². The summed E-state index contributed by atoms with van der Waals surface area (Å²) in [5.41, 5.74) is 3.71. The SMILES string of the molecule is Cc1c(CNc2cc(C(=O)NC3CC3)c3ccccc3n2)cnn1C. The summed E-state index contributed by atoms with van der Waals surface area (Å²) in [6.45, 7) is 2.65. The van der Waals surface area contributed by atoms with Gasteiger partial charge in [0, 0.05) is 36.3 Å². The quantitative estimate of drug-likeness (QED) is 0.752. The molecule has 1 saturated carbocycles. The fourth-order valence-electron chi connectivity index (χ4n) is 2.85. The predicted octanol–water partition coefficient (Wildman–Crippen LogP) is 2.78. The van der Waals surface area contributed by atoms with Gasteiger partial charge in [0.15, 0.2) is 0 Å². The van der Waals surface area contributed by atoms with Gasteiger partial charge in [0.05, 0.1) is 17.3 Å². The molecule has 0 bridgehead atoms. The molecule has 4 rings (SSSR count). The number of carbonyl (C=O) groups is 1. The number of aryl methyl sites for hydroxylation is 1. The number of amides is 1. The van der Waals surface area contributed by atoms with Crippen LogP contribution >= 0.6 is 0 Å². The number of carbonyl (C=O) groups excluding carboxylic acids is 1. The van der Waals surface area contributed by atoms with E-state index in [1.54, 1.807) is 0 Å². The fourth-order valence-corrected chi connectivity index (χ4v) is 2.85. The highest BCUT2D eigenvalue weighted by Crippen LogP contribution is 2.24. The molecule has 1 aliphatic carbocycles. The van der Waals surface area contributed by atoms with Gasteiger partial charge >= 0.3 is 0 Å². The van der Waals surface area contributed by atoms with Crippen molar-refractivity contribution in [3.05, 3.63) is 53.3 Å². The Morgan fingerprint density at radius 2 is 2.12 bits per heavy atom. The van der Waals surface area contributed by atoms with Gasteiger partial charge in [-0.1, -0.05) is 18.2 Å². The average molecular weight is 335 g/mol. The van der Waals surface area contributed by atoms with E-state index in [0.717, 1.165) is 35.0 Å². The lowest BCUT2D eigenvalue weighted by molar-refractivity contribution is 0.0952. The molecule has 6 nitrogen and oxygen atoms in total. The van der Waals surface area contributed by atoms with Gasteiger partial charge in [0.1, 0.15) is 5.82 Å². The molecule has 2 N–H and O–H groups in total. The molecule has 6 heteroatoms. The molecule has 0 unspecified atom stereocenters. The highest BCUT2D eigenvalue weighted by molar-refractivity contribution is 6.07. The van der Waals surface area contributed by atoms with Gasteiger partial charge in [0.25, 0.3) is 5.91 Å². The summed E-state index contributed by atoms with van der Waals surface area (Å²) in [5, 5.41) is 11.5. The Balaban J connectivity index is 1.64. The van der Waals surface area contributed by atoms with Gasteiger partial charge in [-0.05, 0) is 31.9 Å². The normalized spacial score (nSPS) is 13.8. The monoisotopic (exact) mass is 335 g/mol. The second-order valence-corrected chi connectivity index (χ2v) is 6.55. The van der Waals surface area contributed by atoms with Crippen molar-refractivity contribution >= 4 is 22.6 Å². The number of para-hydroxylation sites is 1. The number of rotatable bonds is 5. The molecule has 2 heterocycles. The minimum atomic E-state index is -0.0262. The van der Waals surface area contributed by atoms with Crippen LogP contribution in [0.4, 0.5) is 5.82 Å². The zero-order valence-corrected chi connectivity index (χ0v) is 14.4. The third-order valence-electron chi connectivity index (χ3n) is 4.67. The molecular weight excluding hydrogens is 314 g/mol. The van der Waals surface area contributed by atoms with Gasteiger partial charge in [0.2, 0.25) is 0 Å². The molecular formula is C19H21N5O. The molecule has 0 saturated heterocycles. The number of hydrogen-bond acceptors (Lipinski definition) is 4. The van der Waals surface area contributed by atoms with E-state index in [1.165, 1.54) is 0 Å². The van der Waals surface area contributed by atoms with E-state index in [9.17, 15) is 4.79 Å². The lowest BCUT2D eigenvalue weighted by atomic mass is 10.1. The van der Waals surface area contributed by atoms with Crippen molar-refractivity contribution in [3.8, 4) is 0 Å². The Kier molecular flexibility index (Phi) is 3.87. The molecule has 128 valence electrons. The molecule has 0 atom stereocenters. The van der Waals surface area contributed by atoms with Crippen molar-refractivity contribution in [1.82, 2.24) is 20.1 Å². The Hall–Kier alpha value is -2.89. The lowest BCUT2D eigenvalue weighted by Gasteiger charge is -2.11. The Morgan fingerprint density at radius 1 is 1.32 bits per heavy atom. The average Bonchev–Trinajstić information content (AvgIpc) is 3.38. The number of nitrogens with one attached hydrogen (secondary N) is 2. The van der Waals surface area contributed by atoms with Gasteiger partial charge in [-0.25, -0.2) is 4.98 Å². The van der Waals surface area contributed by atoms with Crippen LogP contribution in [0, 0.1) is 6.92 Å². The molecule has 0 radical (unpaired) electrons. The number of nitrogens with zero attached hydrogens (tertiary/aromatic N) is 3. The van der Waals surface area contributed by atoms with E-state index in [2.05, 4.69) is 20.7 Å². The van der Waals surface area contributed by atoms with Crippen molar-refractivity contribution in [2.45, 2.75) is 32.4 Å². The molecule has 1 amide bonds. The smallest absolute Gasteiger partial charge is 0.252 e. The second kappa shape index (κ2) is 6.20. The molecule has 2 aromatic heterocycles. The van der Waals surface area contributed by atoms with E-state index in [-0.39, 0.29) is 5.91 Å². The Labute approximate surface area is 146 Å². The first kappa shape index (κ1) is 15.6. The predicted molar refractivity (Wildman–Crippen MR) is 97.5 cm³/mol. The zero-order valence-electron chi connectivity index (χ0n) is 14.4. The molecule has 0 spiro atoms. The first-order chi connectivity index (χ1) is 12.1. The molecule has 1 aromatic carbocycles.